The van der Waals surface area contributed by atoms with Crippen LogP contribution in [0.2, 0.25) is 0 Å². The van der Waals surface area contributed by atoms with Crippen molar-refractivity contribution in [2.75, 3.05) is 5.32 Å². The van der Waals surface area contributed by atoms with Gasteiger partial charge in [-0.3, -0.25) is 0 Å². The molecule has 1 nitrogen and oxygen atoms in total. The lowest BCUT2D eigenvalue weighted by molar-refractivity contribution is 0.397. The number of hydrogen-bond acceptors (Lipinski definition) is 1. The fraction of sp³-hybridized carbons (Fsp3) is 0.500. The summed E-state index contributed by atoms with van der Waals surface area (Å²) in [5.74, 6) is 0. The Bertz CT molecular complexity index is 2090. The SMILES string of the molecule is CCCCCCC1(CCCCCC)c2cc(Nc3ccc(C)cc3C)ccc2-c2cc3c(cc21)-c1c(ccc2ccccc12)C3(CCCCCC)CCCCCC. The average molecular weight is 760 g/mol. The minimum atomic E-state index is 0.0133. The quantitative estimate of drug-likeness (QED) is 0.0693. The van der Waals surface area contributed by atoms with Crippen molar-refractivity contribution in [2.24, 2.45) is 0 Å². The minimum Gasteiger partial charge on any atom is -0.355 e. The maximum atomic E-state index is 3.90. The molecule has 0 spiro atoms. The normalized spacial score (nSPS) is 14.4. The van der Waals surface area contributed by atoms with Crippen molar-refractivity contribution in [2.45, 2.75) is 181 Å². The lowest BCUT2D eigenvalue weighted by atomic mass is 9.68. The van der Waals surface area contributed by atoms with Gasteiger partial charge in [0.1, 0.15) is 0 Å². The first-order chi connectivity index (χ1) is 27.9. The van der Waals surface area contributed by atoms with Crippen LogP contribution in [0.3, 0.4) is 0 Å². The first-order valence-corrected chi connectivity index (χ1v) is 23.6. The Labute approximate surface area is 347 Å². The zero-order valence-electron chi connectivity index (χ0n) is 36.7. The van der Waals surface area contributed by atoms with E-state index in [1.54, 1.807) is 33.4 Å². The molecule has 0 aromatic heterocycles. The number of benzene rings is 5. The third-order valence-electron chi connectivity index (χ3n) is 14.2. The van der Waals surface area contributed by atoms with Crippen LogP contribution < -0.4 is 5.32 Å². The summed E-state index contributed by atoms with van der Waals surface area (Å²) in [4.78, 5) is 0. The topological polar surface area (TPSA) is 12.0 Å². The van der Waals surface area contributed by atoms with Crippen molar-refractivity contribution >= 4 is 22.1 Å². The van der Waals surface area contributed by atoms with Crippen molar-refractivity contribution < 1.29 is 0 Å². The standard InChI is InChI=1S/C56H73N/c1-7-11-15-21-33-55(34-22-16-12-8-2)49-31-28-43-25-19-20-26-45(43)54(49)48-40-51-47(39-52(48)55)46-30-29-44(57-53-32-27-41(5)37-42(53)6)38-50(46)56(51,35-23-17-13-9-3)36-24-18-14-10-4/h19-20,25-32,37-40,57H,7-18,21-24,33-36H2,1-6H3. The molecule has 0 unspecified atom stereocenters. The molecule has 57 heavy (non-hydrogen) atoms. The first-order valence-electron chi connectivity index (χ1n) is 23.6. The summed E-state index contributed by atoms with van der Waals surface area (Å²) >= 11 is 0. The second-order valence-electron chi connectivity index (χ2n) is 18.3. The van der Waals surface area contributed by atoms with Gasteiger partial charge in [0.2, 0.25) is 0 Å². The van der Waals surface area contributed by atoms with Crippen LogP contribution in [-0.4, -0.2) is 0 Å². The first kappa shape index (κ1) is 41.3. The smallest absolute Gasteiger partial charge is 0.0414 e. The van der Waals surface area contributed by atoms with Crippen LogP contribution in [-0.2, 0) is 10.8 Å². The van der Waals surface area contributed by atoms with Gasteiger partial charge in [0.15, 0.2) is 0 Å². The molecular weight excluding hydrogens is 687 g/mol. The third kappa shape index (κ3) is 8.25. The molecule has 5 aromatic carbocycles. The van der Waals surface area contributed by atoms with Gasteiger partial charge in [-0.1, -0.05) is 191 Å². The zero-order valence-corrected chi connectivity index (χ0v) is 36.7. The van der Waals surface area contributed by atoms with E-state index in [2.05, 4.69) is 132 Å². The fourth-order valence-electron chi connectivity index (χ4n) is 11.2. The van der Waals surface area contributed by atoms with E-state index in [4.69, 9.17) is 0 Å². The maximum Gasteiger partial charge on any atom is 0.0414 e. The van der Waals surface area contributed by atoms with Crippen LogP contribution in [0, 0.1) is 13.8 Å². The second kappa shape index (κ2) is 18.8. The zero-order chi connectivity index (χ0) is 39.8. The molecule has 0 bridgehead atoms. The van der Waals surface area contributed by atoms with Gasteiger partial charge in [-0.05, 0) is 131 Å². The molecule has 2 aliphatic rings. The van der Waals surface area contributed by atoms with E-state index < -0.39 is 0 Å². The summed E-state index contributed by atoms with van der Waals surface area (Å²) in [6, 6.07) is 34.2. The summed E-state index contributed by atoms with van der Waals surface area (Å²) in [6.45, 7) is 13.9. The van der Waals surface area contributed by atoms with Gasteiger partial charge >= 0.3 is 0 Å². The van der Waals surface area contributed by atoms with Gasteiger partial charge in [-0.15, -0.1) is 0 Å². The molecule has 0 saturated carbocycles. The minimum absolute atomic E-state index is 0.0133. The van der Waals surface area contributed by atoms with E-state index >= 15 is 0 Å². The average Bonchev–Trinajstić information content (AvgIpc) is 3.64. The number of fused-ring (bicyclic) bond motifs is 8. The van der Waals surface area contributed by atoms with Crippen LogP contribution in [0.15, 0.2) is 84.9 Å². The van der Waals surface area contributed by atoms with Gasteiger partial charge < -0.3 is 5.32 Å². The number of unbranched alkanes of at least 4 members (excludes halogenated alkanes) is 12. The molecule has 1 N–H and O–H groups in total. The summed E-state index contributed by atoms with van der Waals surface area (Å²) in [7, 11) is 0. The highest BCUT2D eigenvalue weighted by atomic mass is 14.9. The van der Waals surface area contributed by atoms with E-state index in [-0.39, 0.29) is 10.8 Å². The molecule has 5 aromatic rings. The summed E-state index contributed by atoms with van der Waals surface area (Å²) < 4.78 is 0. The third-order valence-corrected chi connectivity index (χ3v) is 14.2. The Hall–Kier alpha value is -3.84. The van der Waals surface area contributed by atoms with Crippen molar-refractivity contribution in [3.8, 4) is 22.3 Å². The Morgan fingerprint density at radius 1 is 0.439 bits per heavy atom. The highest BCUT2D eigenvalue weighted by molar-refractivity contribution is 6.04. The van der Waals surface area contributed by atoms with Crippen LogP contribution in [0.25, 0.3) is 33.0 Å². The van der Waals surface area contributed by atoms with Gasteiger partial charge in [0.05, 0.1) is 0 Å². The molecule has 7 rings (SSSR count). The van der Waals surface area contributed by atoms with Crippen molar-refractivity contribution in [1.29, 1.82) is 0 Å². The molecule has 1 heteroatoms. The van der Waals surface area contributed by atoms with Crippen LogP contribution in [0.5, 0.6) is 0 Å². The highest BCUT2D eigenvalue weighted by Gasteiger charge is 2.48. The Balaban J connectivity index is 1.45. The lowest BCUT2D eigenvalue weighted by Crippen LogP contribution is -2.27. The van der Waals surface area contributed by atoms with E-state index in [1.807, 2.05) is 0 Å². The fourth-order valence-corrected chi connectivity index (χ4v) is 11.2. The van der Waals surface area contributed by atoms with E-state index in [9.17, 15) is 0 Å². The largest absolute Gasteiger partial charge is 0.355 e. The molecule has 0 atom stereocenters. The number of nitrogens with one attached hydrogen (secondary N) is 1. The number of anilines is 2. The Morgan fingerprint density at radius 3 is 1.58 bits per heavy atom. The number of aryl methyl sites for hydroxylation is 2. The monoisotopic (exact) mass is 760 g/mol. The van der Waals surface area contributed by atoms with Gasteiger partial charge in [-0.2, -0.15) is 0 Å². The highest BCUT2D eigenvalue weighted by Crippen LogP contribution is 2.62. The van der Waals surface area contributed by atoms with E-state index in [0.29, 0.717) is 0 Å². The molecule has 0 aliphatic heterocycles. The predicted octanol–water partition coefficient (Wildman–Crippen LogP) is 17.6. The molecule has 302 valence electrons. The molecule has 2 aliphatic carbocycles. The Morgan fingerprint density at radius 2 is 0.982 bits per heavy atom. The lowest BCUT2D eigenvalue weighted by Gasteiger charge is -2.35. The van der Waals surface area contributed by atoms with Crippen molar-refractivity contribution in [1.82, 2.24) is 0 Å². The molecule has 0 radical (unpaired) electrons. The van der Waals surface area contributed by atoms with Crippen LogP contribution in [0.4, 0.5) is 11.4 Å². The Kier molecular flexibility index (Phi) is 13.6. The van der Waals surface area contributed by atoms with Gasteiger partial charge in [0, 0.05) is 22.2 Å². The second-order valence-corrected chi connectivity index (χ2v) is 18.3. The van der Waals surface area contributed by atoms with Crippen LogP contribution >= 0.6 is 0 Å². The van der Waals surface area contributed by atoms with E-state index in [1.165, 1.54) is 173 Å². The summed E-state index contributed by atoms with van der Waals surface area (Å²) in [5.41, 5.74) is 17.7. The number of hydrogen-bond donors (Lipinski definition) is 1. The molecular formula is C56H73N. The summed E-state index contributed by atoms with van der Waals surface area (Å²) in [6.07, 6.45) is 25.8. The summed E-state index contributed by atoms with van der Waals surface area (Å²) in [5, 5.41) is 6.74. The number of rotatable bonds is 22. The maximum absolute atomic E-state index is 3.90. The molecule has 0 fully saturated rings. The van der Waals surface area contributed by atoms with Gasteiger partial charge in [-0.25, -0.2) is 0 Å². The molecule has 0 heterocycles. The van der Waals surface area contributed by atoms with E-state index in [0.717, 1.165) is 0 Å². The molecule has 0 amide bonds. The molecule has 0 saturated heterocycles. The van der Waals surface area contributed by atoms with Crippen molar-refractivity contribution in [3.05, 3.63) is 118 Å². The predicted molar refractivity (Wildman–Crippen MR) is 251 cm³/mol. The van der Waals surface area contributed by atoms with Crippen LogP contribution in [0.1, 0.15) is 189 Å². The van der Waals surface area contributed by atoms with Crippen molar-refractivity contribution in [3.63, 3.8) is 0 Å². The van der Waals surface area contributed by atoms with Gasteiger partial charge in [0.25, 0.3) is 0 Å².